The van der Waals surface area contributed by atoms with E-state index in [1.165, 1.54) is 38.5 Å². The van der Waals surface area contributed by atoms with Crippen LogP contribution in [0.5, 0.6) is 0 Å². The van der Waals surface area contributed by atoms with E-state index in [1.54, 1.807) is 12.1 Å². The number of aromatic nitrogens is 1. The smallest absolute Gasteiger partial charge is 0.123 e. The molecule has 1 aromatic carbocycles. The van der Waals surface area contributed by atoms with Crippen LogP contribution in [0.4, 0.5) is 4.39 Å². The van der Waals surface area contributed by atoms with Crippen molar-refractivity contribution in [1.29, 1.82) is 0 Å². The van der Waals surface area contributed by atoms with Crippen LogP contribution in [0, 0.1) is 5.82 Å². The van der Waals surface area contributed by atoms with E-state index in [0.717, 1.165) is 17.4 Å². The molecular formula is C16H22FN. The molecule has 2 rings (SSSR count). The lowest BCUT2D eigenvalue weighted by molar-refractivity contribution is 0.565. The van der Waals surface area contributed by atoms with E-state index in [1.807, 2.05) is 12.1 Å². The number of halogens is 1. The van der Waals surface area contributed by atoms with Crippen LogP contribution in [0.1, 0.15) is 45.4 Å². The zero-order valence-corrected chi connectivity index (χ0v) is 11.2. The van der Waals surface area contributed by atoms with Crippen molar-refractivity contribution >= 4 is 10.9 Å². The number of benzene rings is 1. The van der Waals surface area contributed by atoms with Crippen molar-refractivity contribution in [3.05, 3.63) is 36.3 Å². The Kier molecular flexibility index (Phi) is 4.80. The summed E-state index contributed by atoms with van der Waals surface area (Å²) in [6.45, 7) is 3.28. The van der Waals surface area contributed by atoms with Gasteiger partial charge in [-0.25, -0.2) is 4.39 Å². The first-order valence-electron chi connectivity index (χ1n) is 7.05. The van der Waals surface area contributed by atoms with Gasteiger partial charge in [-0.2, -0.15) is 0 Å². The fraction of sp³-hybridized carbons (Fsp3) is 0.500. The summed E-state index contributed by atoms with van der Waals surface area (Å²) in [6, 6.07) is 7.02. The summed E-state index contributed by atoms with van der Waals surface area (Å²) < 4.78 is 15.3. The van der Waals surface area contributed by atoms with Gasteiger partial charge in [-0.1, -0.05) is 39.0 Å². The second kappa shape index (κ2) is 6.58. The first-order chi connectivity index (χ1) is 8.81. The van der Waals surface area contributed by atoms with Crippen molar-refractivity contribution in [2.24, 2.45) is 0 Å². The van der Waals surface area contributed by atoms with Gasteiger partial charge in [0.25, 0.3) is 0 Å². The minimum atomic E-state index is -0.153. The average molecular weight is 247 g/mol. The fourth-order valence-electron chi connectivity index (χ4n) is 2.43. The van der Waals surface area contributed by atoms with Gasteiger partial charge in [0.05, 0.1) is 0 Å². The molecule has 0 aliphatic rings. The van der Waals surface area contributed by atoms with Crippen LogP contribution in [0.25, 0.3) is 10.9 Å². The summed E-state index contributed by atoms with van der Waals surface area (Å²) in [6.07, 6.45) is 9.91. The first kappa shape index (κ1) is 13.1. The zero-order valence-electron chi connectivity index (χ0n) is 11.2. The molecule has 0 spiro atoms. The molecule has 0 amide bonds. The summed E-state index contributed by atoms with van der Waals surface area (Å²) >= 11 is 0. The average Bonchev–Trinajstić information content (AvgIpc) is 2.76. The topological polar surface area (TPSA) is 4.93 Å². The van der Waals surface area contributed by atoms with Crippen molar-refractivity contribution in [3.8, 4) is 0 Å². The highest BCUT2D eigenvalue weighted by atomic mass is 19.1. The molecule has 0 N–H and O–H groups in total. The van der Waals surface area contributed by atoms with Crippen molar-refractivity contribution in [3.63, 3.8) is 0 Å². The molecule has 1 heterocycles. The molecule has 0 bridgehead atoms. The Morgan fingerprint density at radius 2 is 1.78 bits per heavy atom. The number of fused-ring (bicyclic) bond motifs is 1. The van der Waals surface area contributed by atoms with Gasteiger partial charge in [-0.05, 0) is 30.7 Å². The maximum atomic E-state index is 13.1. The van der Waals surface area contributed by atoms with Crippen molar-refractivity contribution < 1.29 is 4.39 Å². The van der Waals surface area contributed by atoms with Gasteiger partial charge in [-0.15, -0.1) is 0 Å². The van der Waals surface area contributed by atoms with E-state index < -0.39 is 0 Å². The highest BCUT2D eigenvalue weighted by Gasteiger charge is 2.01. The van der Waals surface area contributed by atoms with Crippen LogP contribution in [0.2, 0.25) is 0 Å². The maximum Gasteiger partial charge on any atom is 0.123 e. The first-order valence-corrected chi connectivity index (χ1v) is 7.05. The largest absolute Gasteiger partial charge is 0.347 e. The molecule has 0 aliphatic carbocycles. The molecule has 1 aromatic heterocycles. The third-order valence-electron chi connectivity index (χ3n) is 3.49. The predicted octanol–water partition coefficient (Wildman–Crippen LogP) is 5.14. The molecule has 0 fully saturated rings. The molecule has 0 atom stereocenters. The quantitative estimate of drug-likeness (QED) is 0.597. The standard InChI is InChI=1S/C16H22FN/c1-2-3-4-5-6-7-11-18-12-10-14-13-15(17)8-9-16(14)18/h8-10,12-13H,2-7,11H2,1H3. The summed E-state index contributed by atoms with van der Waals surface area (Å²) in [5, 5.41) is 1.00. The van der Waals surface area contributed by atoms with Crippen molar-refractivity contribution in [2.45, 2.75) is 52.0 Å². The monoisotopic (exact) mass is 247 g/mol. The Balaban J connectivity index is 1.84. The fourth-order valence-corrected chi connectivity index (χ4v) is 2.43. The Morgan fingerprint density at radius 3 is 2.61 bits per heavy atom. The lowest BCUT2D eigenvalue weighted by Crippen LogP contribution is -1.96. The third kappa shape index (κ3) is 3.34. The number of hydrogen-bond donors (Lipinski definition) is 0. The lowest BCUT2D eigenvalue weighted by atomic mass is 10.1. The van der Waals surface area contributed by atoms with Crippen LogP contribution in [0.15, 0.2) is 30.5 Å². The van der Waals surface area contributed by atoms with Crippen molar-refractivity contribution in [1.82, 2.24) is 4.57 Å². The number of unbranched alkanes of at least 4 members (excludes halogenated alkanes) is 5. The van der Waals surface area contributed by atoms with Gasteiger partial charge in [0.1, 0.15) is 5.82 Å². The second-order valence-electron chi connectivity index (χ2n) is 4.98. The number of aryl methyl sites for hydroxylation is 1. The Hall–Kier alpha value is -1.31. The number of hydrogen-bond acceptors (Lipinski definition) is 0. The van der Waals surface area contributed by atoms with Gasteiger partial charge < -0.3 is 4.57 Å². The van der Waals surface area contributed by atoms with E-state index >= 15 is 0 Å². The van der Waals surface area contributed by atoms with E-state index in [0.29, 0.717) is 0 Å². The summed E-state index contributed by atoms with van der Waals surface area (Å²) in [7, 11) is 0. The van der Waals surface area contributed by atoms with Crippen LogP contribution in [0.3, 0.4) is 0 Å². The predicted molar refractivity (Wildman–Crippen MR) is 75.3 cm³/mol. The van der Waals surface area contributed by atoms with Gasteiger partial charge in [0, 0.05) is 23.6 Å². The Morgan fingerprint density at radius 1 is 1.00 bits per heavy atom. The van der Waals surface area contributed by atoms with E-state index in [2.05, 4.69) is 17.7 Å². The van der Waals surface area contributed by atoms with E-state index in [4.69, 9.17) is 0 Å². The molecule has 98 valence electrons. The normalized spacial score (nSPS) is 11.2. The number of nitrogens with zero attached hydrogens (tertiary/aromatic N) is 1. The molecule has 0 saturated heterocycles. The molecule has 0 saturated carbocycles. The highest BCUT2D eigenvalue weighted by Crippen LogP contribution is 2.18. The van der Waals surface area contributed by atoms with E-state index in [9.17, 15) is 4.39 Å². The van der Waals surface area contributed by atoms with Crippen molar-refractivity contribution in [2.75, 3.05) is 0 Å². The summed E-state index contributed by atoms with van der Waals surface area (Å²) in [5.74, 6) is -0.153. The molecule has 2 heteroatoms. The maximum absolute atomic E-state index is 13.1. The molecule has 2 aromatic rings. The van der Waals surface area contributed by atoms with Crippen LogP contribution in [-0.4, -0.2) is 4.57 Å². The molecule has 18 heavy (non-hydrogen) atoms. The van der Waals surface area contributed by atoms with Gasteiger partial charge in [0.2, 0.25) is 0 Å². The molecule has 0 radical (unpaired) electrons. The van der Waals surface area contributed by atoms with Crippen LogP contribution >= 0.6 is 0 Å². The van der Waals surface area contributed by atoms with Gasteiger partial charge in [-0.3, -0.25) is 0 Å². The lowest BCUT2D eigenvalue weighted by Gasteiger charge is -2.05. The third-order valence-corrected chi connectivity index (χ3v) is 3.49. The highest BCUT2D eigenvalue weighted by molar-refractivity contribution is 5.80. The second-order valence-corrected chi connectivity index (χ2v) is 4.98. The number of rotatable bonds is 7. The van der Waals surface area contributed by atoms with Gasteiger partial charge in [0.15, 0.2) is 0 Å². The molecule has 1 nitrogen and oxygen atoms in total. The zero-order chi connectivity index (χ0) is 12.8. The Labute approximate surface area is 109 Å². The van der Waals surface area contributed by atoms with Crippen LogP contribution < -0.4 is 0 Å². The molecule has 0 aliphatic heterocycles. The SMILES string of the molecule is CCCCCCCCn1ccc2cc(F)ccc21. The summed E-state index contributed by atoms with van der Waals surface area (Å²) in [4.78, 5) is 0. The summed E-state index contributed by atoms with van der Waals surface area (Å²) in [5.41, 5.74) is 1.14. The van der Waals surface area contributed by atoms with Crippen LogP contribution in [-0.2, 0) is 6.54 Å². The minimum absolute atomic E-state index is 0.153. The van der Waals surface area contributed by atoms with E-state index in [-0.39, 0.29) is 5.82 Å². The minimum Gasteiger partial charge on any atom is -0.347 e. The molecule has 0 unspecified atom stereocenters. The Bertz CT molecular complexity index is 487. The van der Waals surface area contributed by atoms with Gasteiger partial charge >= 0.3 is 0 Å². The molecular weight excluding hydrogens is 225 g/mol.